The highest BCUT2D eigenvalue weighted by molar-refractivity contribution is 7.89. The van der Waals surface area contributed by atoms with Crippen molar-refractivity contribution >= 4 is 34.0 Å². The quantitative estimate of drug-likeness (QED) is 0.835. The van der Waals surface area contributed by atoms with E-state index in [2.05, 4.69) is 10.0 Å². The van der Waals surface area contributed by atoms with Crippen LogP contribution in [-0.2, 0) is 10.0 Å². The van der Waals surface area contributed by atoms with Crippen molar-refractivity contribution in [2.45, 2.75) is 36.7 Å². The Morgan fingerprint density at radius 1 is 1.26 bits per heavy atom. The van der Waals surface area contributed by atoms with Crippen LogP contribution in [-0.4, -0.2) is 40.3 Å². The topological polar surface area (TPSA) is 76.7 Å². The van der Waals surface area contributed by atoms with Crippen LogP contribution in [0.2, 0.25) is 5.02 Å². The summed E-state index contributed by atoms with van der Waals surface area (Å²) in [4.78, 5) is 0.0320. The number of piperidine rings is 1. The second-order valence-corrected chi connectivity index (χ2v) is 7.71. The predicted octanol–water partition coefficient (Wildman–Crippen LogP) is 1.95. The zero-order valence-corrected chi connectivity index (χ0v) is 15.1. The highest BCUT2D eigenvalue weighted by Gasteiger charge is 2.28. The van der Waals surface area contributed by atoms with Gasteiger partial charge in [-0.25, -0.2) is 13.1 Å². The van der Waals surface area contributed by atoms with E-state index >= 15 is 0 Å². The van der Waals surface area contributed by atoms with Gasteiger partial charge >= 0.3 is 0 Å². The Labute approximate surface area is 147 Å². The normalized spacial score (nSPS) is 23.9. The zero-order chi connectivity index (χ0) is 15.7. The molecule has 0 bridgehead atoms. The summed E-state index contributed by atoms with van der Waals surface area (Å²) < 4.78 is 38.8. The summed E-state index contributed by atoms with van der Waals surface area (Å²) in [6.07, 6.45) is 1.51. The summed E-state index contributed by atoms with van der Waals surface area (Å²) in [5, 5.41) is 3.43. The molecule has 0 radical (unpaired) electrons. The molecule has 130 valence electrons. The first-order valence-corrected chi connectivity index (χ1v) is 9.16. The van der Waals surface area contributed by atoms with Gasteiger partial charge < -0.3 is 14.8 Å². The van der Waals surface area contributed by atoms with E-state index in [9.17, 15) is 8.42 Å². The van der Waals surface area contributed by atoms with Crippen molar-refractivity contribution in [2.75, 3.05) is 19.8 Å². The van der Waals surface area contributed by atoms with Gasteiger partial charge in [-0.1, -0.05) is 11.6 Å². The van der Waals surface area contributed by atoms with E-state index in [1.54, 1.807) is 0 Å². The maximum absolute atomic E-state index is 12.6. The van der Waals surface area contributed by atoms with Gasteiger partial charge in [-0.3, -0.25) is 0 Å². The molecule has 1 fully saturated rings. The molecule has 1 aromatic carbocycles. The molecule has 3 rings (SSSR count). The Morgan fingerprint density at radius 3 is 2.57 bits per heavy atom. The van der Waals surface area contributed by atoms with Crippen molar-refractivity contribution in [1.82, 2.24) is 10.0 Å². The fraction of sp³-hybridized carbons (Fsp3) is 0.571. The van der Waals surface area contributed by atoms with Gasteiger partial charge in [0, 0.05) is 24.2 Å². The molecule has 2 atom stereocenters. The maximum Gasteiger partial charge on any atom is 0.242 e. The van der Waals surface area contributed by atoms with E-state index in [4.69, 9.17) is 21.1 Å². The number of rotatable bonds is 3. The third kappa shape index (κ3) is 4.22. The molecule has 0 aromatic heterocycles. The van der Waals surface area contributed by atoms with Gasteiger partial charge in [0.05, 0.1) is 5.02 Å². The molecule has 2 unspecified atom stereocenters. The first-order chi connectivity index (χ1) is 10.5. The lowest BCUT2D eigenvalue weighted by atomic mass is 10.0. The minimum atomic E-state index is -3.69. The fourth-order valence-electron chi connectivity index (χ4n) is 2.77. The molecule has 0 aliphatic carbocycles. The minimum absolute atomic E-state index is 0. The first-order valence-electron chi connectivity index (χ1n) is 7.30. The molecule has 23 heavy (non-hydrogen) atoms. The van der Waals surface area contributed by atoms with Gasteiger partial charge in [-0.2, -0.15) is 0 Å². The third-order valence-electron chi connectivity index (χ3n) is 3.83. The Bertz CT molecular complexity index is 669. The van der Waals surface area contributed by atoms with Crippen LogP contribution in [0.1, 0.15) is 19.8 Å². The standard InChI is InChI=1S/C14H19ClN2O4S.ClH/c1-9-6-10(2-3-16-9)17-22(18,19)14-8-13-12(7-11(14)15)20-4-5-21-13;/h7-10,16-17H,2-6H2,1H3;1H. The van der Waals surface area contributed by atoms with Crippen LogP contribution >= 0.6 is 24.0 Å². The number of benzene rings is 1. The van der Waals surface area contributed by atoms with Crippen molar-refractivity contribution < 1.29 is 17.9 Å². The van der Waals surface area contributed by atoms with Crippen LogP contribution in [0.25, 0.3) is 0 Å². The van der Waals surface area contributed by atoms with Crippen LogP contribution in [0.5, 0.6) is 11.5 Å². The number of sulfonamides is 1. The Kier molecular flexibility index (Phi) is 6.02. The summed E-state index contributed by atoms with van der Waals surface area (Å²) in [5.41, 5.74) is 0. The molecule has 6 nitrogen and oxygen atoms in total. The van der Waals surface area contributed by atoms with E-state index in [1.807, 2.05) is 6.92 Å². The van der Waals surface area contributed by atoms with Gasteiger partial charge in [-0.15, -0.1) is 12.4 Å². The second kappa shape index (κ2) is 7.44. The molecule has 1 saturated heterocycles. The Hall–Kier alpha value is -0.730. The van der Waals surface area contributed by atoms with Crippen LogP contribution in [0.3, 0.4) is 0 Å². The average molecular weight is 383 g/mol. The molecule has 0 spiro atoms. The Balaban J connectivity index is 0.00000192. The Morgan fingerprint density at radius 2 is 1.91 bits per heavy atom. The highest BCUT2D eigenvalue weighted by atomic mass is 35.5. The number of hydrogen-bond donors (Lipinski definition) is 2. The zero-order valence-electron chi connectivity index (χ0n) is 12.7. The largest absolute Gasteiger partial charge is 0.486 e. The summed E-state index contributed by atoms with van der Waals surface area (Å²) in [6.45, 7) is 3.66. The molecular formula is C14H20Cl2N2O4S. The second-order valence-electron chi connectivity index (χ2n) is 5.62. The van der Waals surface area contributed by atoms with Crippen molar-refractivity contribution in [2.24, 2.45) is 0 Å². The van der Waals surface area contributed by atoms with E-state index in [1.165, 1.54) is 12.1 Å². The number of hydrogen-bond acceptors (Lipinski definition) is 5. The predicted molar refractivity (Wildman–Crippen MR) is 90.5 cm³/mol. The molecular weight excluding hydrogens is 363 g/mol. The minimum Gasteiger partial charge on any atom is -0.486 e. The molecule has 2 aliphatic rings. The van der Waals surface area contributed by atoms with E-state index < -0.39 is 10.0 Å². The van der Waals surface area contributed by atoms with Gasteiger partial charge in [0.25, 0.3) is 0 Å². The number of nitrogens with one attached hydrogen (secondary N) is 2. The van der Waals surface area contributed by atoms with Crippen LogP contribution in [0, 0.1) is 0 Å². The summed E-state index contributed by atoms with van der Waals surface area (Å²) in [5.74, 6) is 0.889. The number of fused-ring (bicyclic) bond motifs is 1. The van der Waals surface area contributed by atoms with Crippen molar-refractivity contribution in [3.05, 3.63) is 17.2 Å². The lowest BCUT2D eigenvalue weighted by Crippen LogP contribution is -2.46. The lowest BCUT2D eigenvalue weighted by Gasteiger charge is -2.28. The van der Waals surface area contributed by atoms with E-state index in [-0.39, 0.29) is 34.4 Å². The third-order valence-corrected chi connectivity index (χ3v) is 5.82. The van der Waals surface area contributed by atoms with Crippen LogP contribution in [0.4, 0.5) is 0 Å². The monoisotopic (exact) mass is 382 g/mol. The van der Waals surface area contributed by atoms with Gasteiger partial charge in [0.15, 0.2) is 11.5 Å². The molecule has 9 heteroatoms. The van der Waals surface area contributed by atoms with Gasteiger partial charge in [0.1, 0.15) is 18.1 Å². The van der Waals surface area contributed by atoms with Crippen LogP contribution < -0.4 is 19.5 Å². The fourth-order valence-corrected chi connectivity index (χ4v) is 4.59. The van der Waals surface area contributed by atoms with Crippen molar-refractivity contribution in [3.8, 4) is 11.5 Å². The number of ether oxygens (including phenoxy) is 2. The molecule has 2 aliphatic heterocycles. The summed E-state index contributed by atoms with van der Waals surface area (Å²) in [6, 6.07) is 3.13. The molecule has 2 heterocycles. The number of halogens is 2. The van der Waals surface area contributed by atoms with Crippen molar-refractivity contribution in [3.63, 3.8) is 0 Å². The first kappa shape index (κ1) is 18.6. The summed E-state index contributed by atoms with van der Waals surface area (Å²) in [7, 11) is -3.69. The smallest absolute Gasteiger partial charge is 0.242 e. The molecule has 0 amide bonds. The summed E-state index contributed by atoms with van der Waals surface area (Å²) >= 11 is 6.13. The molecule has 0 saturated carbocycles. The van der Waals surface area contributed by atoms with E-state index in [0.29, 0.717) is 24.7 Å². The maximum atomic E-state index is 12.6. The van der Waals surface area contributed by atoms with Gasteiger partial charge in [-0.05, 0) is 26.3 Å². The van der Waals surface area contributed by atoms with Gasteiger partial charge in [0.2, 0.25) is 10.0 Å². The average Bonchev–Trinajstić information content (AvgIpc) is 2.46. The lowest BCUT2D eigenvalue weighted by molar-refractivity contribution is 0.171. The SMILES string of the molecule is CC1CC(NS(=O)(=O)c2cc3c(cc2Cl)OCCO3)CCN1.Cl. The van der Waals surface area contributed by atoms with Crippen molar-refractivity contribution in [1.29, 1.82) is 0 Å². The van der Waals surface area contributed by atoms with E-state index in [0.717, 1.165) is 19.4 Å². The molecule has 2 N–H and O–H groups in total. The highest BCUT2D eigenvalue weighted by Crippen LogP contribution is 2.37. The molecule has 1 aromatic rings. The van der Waals surface area contributed by atoms with Crippen LogP contribution in [0.15, 0.2) is 17.0 Å².